The number of nitrogens with zero attached hydrogens (tertiary/aromatic N) is 3. The van der Waals surface area contributed by atoms with Crippen LogP contribution in [0, 0.1) is 0 Å². The summed E-state index contributed by atoms with van der Waals surface area (Å²) >= 11 is 0. The number of benzene rings is 2. The van der Waals surface area contributed by atoms with E-state index in [4.69, 9.17) is 4.74 Å². The Morgan fingerprint density at radius 3 is 2.80 bits per heavy atom. The number of hydrogen-bond donors (Lipinski definition) is 2. The fourth-order valence-corrected chi connectivity index (χ4v) is 5.44. The van der Waals surface area contributed by atoms with Gasteiger partial charge in [-0.25, -0.2) is 4.79 Å². The Labute approximate surface area is 204 Å². The first-order valence-electron chi connectivity index (χ1n) is 11.7. The molecule has 1 fully saturated rings. The van der Waals surface area contributed by atoms with Crippen LogP contribution in [0.2, 0.25) is 0 Å². The van der Waals surface area contributed by atoms with E-state index in [0.717, 1.165) is 33.5 Å². The number of aromatic nitrogens is 1. The summed E-state index contributed by atoms with van der Waals surface area (Å²) in [6.07, 6.45) is 2.18. The molecule has 2 N–H and O–H groups in total. The normalized spacial score (nSPS) is 21.5. The maximum Gasteiger partial charge on any atom is 0.328 e. The van der Waals surface area contributed by atoms with E-state index < -0.39 is 11.6 Å². The van der Waals surface area contributed by atoms with Gasteiger partial charge in [0, 0.05) is 42.7 Å². The summed E-state index contributed by atoms with van der Waals surface area (Å²) in [5.41, 5.74) is 2.42. The number of fused-ring (bicyclic) bond motifs is 4. The Bertz CT molecular complexity index is 1330. The first-order chi connectivity index (χ1) is 16.8. The van der Waals surface area contributed by atoms with Gasteiger partial charge in [-0.3, -0.25) is 14.6 Å². The minimum Gasteiger partial charge on any atom is -0.508 e. The van der Waals surface area contributed by atoms with E-state index >= 15 is 0 Å². The van der Waals surface area contributed by atoms with Gasteiger partial charge in [0.05, 0.1) is 7.11 Å². The molecule has 3 amide bonds. The fraction of sp³-hybridized carbons (Fsp3) is 0.333. The van der Waals surface area contributed by atoms with Crippen molar-refractivity contribution >= 4 is 22.8 Å². The predicted octanol–water partition coefficient (Wildman–Crippen LogP) is 3.67. The number of amides is 3. The molecule has 2 aliphatic heterocycles. The van der Waals surface area contributed by atoms with E-state index in [-0.39, 0.29) is 17.7 Å². The van der Waals surface area contributed by atoms with Crippen LogP contribution in [0.5, 0.6) is 11.5 Å². The standard InChI is InChI=1S/C27H30N4O4/c1-5-11-29(3)12-13-30-25(33)27(2)16-21-20-15-19(35-4)9-10-22(20)28-23(21)24(31(27)26(30)34)17-7-6-8-18(32)14-17/h5-10,14-15,24,28,32H,1,11-13,16H2,2-4H3. The van der Waals surface area contributed by atoms with Crippen molar-refractivity contribution < 1.29 is 19.4 Å². The molecule has 8 heteroatoms. The zero-order valence-corrected chi connectivity index (χ0v) is 20.2. The van der Waals surface area contributed by atoms with Crippen LogP contribution < -0.4 is 4.74 Å². The summed E-state index contributed by atoms with van der Waals surface area (Å²) in [6.45, 7) is 7.11. The second-order valence-corrected chi connectivity index (χ2v) is 9.54. The first-order valence-corrected chi connectivity index (χ1v) is 11.7. The highest BCUT2D eigenvalue weighted by Crippen LogP contribution is 2.49. The van der Waals surface area contributed by atoms with Gasteiger partial charge in [0.15, 0.2) is 0 Å². The molecule has 0 saturated carbocycles. The summed E-state index contributed by atoms with van der Waals surface area (Å²) < 4.78 is 5.45. The molecular formula is C27H30N4O4. The number of hydrogen-bond acceptors (Lipinski definition) is 5. The minimum absolute atomic E-state index is 0.106. The van der Waals surface area contributed by atoms with Crippen LogP contribution in [0.15, 0.2) is 55.1 Å². The number of likely N-dealkylation sites (N-methyl/N-ethyl adjacent to an activating group) is 1. The van der Waals surface area contributed by atoms with Gasteiger partial charge in [0.2, 0.25) is 0 Å². The Balaban J connectivity index is 1.65. The number of aromatic amines is 1. The van der Waals surface area contributed by atoms with Crippen molar-refractivity contribution in [3.8, 4) is 11.5 Å². The van der Waals surface area contributed by atoms with Gasteiger partial charge < -0.3 is 19.7 Å². The Morgan fingerprint density at radius 1 is 1.29 bits per heavy atom. The lowest BCUT2D eigenvalue weighted by Gasteiger charge is -2.42. The molecule has 8 nitrogen and oxygen atoms in total. The molecule has 2 atom stereocenters. The zero-order valence-electron chi connectivity index (χ0n) is 20.2. The highest BCUT2D eigenvalue weighted by Gasteiger charge is 2.60. The molecule has 2 aliphatic rings. The smallest absolute Gasteiger partial charge is 0.328 e. The number of rotatable bonds is 7. The van der Waals surface area contributed by atoms with Gasteiger partial charge in [0.1, 0.15) is 23.1 Å². The number of carbonyl (C=O) groups excluding carboxylic acids is 2. The highest BCUT2D eigenvalue weighted by atomic mass is 16.5. The zero-order chi connectivity index (χ0) is 24.9. The molecule has 2 aromatic carbocycles. The molecule has 3 aromatic rings. The lowest BCUT2D eigenvalue weighted by atomic mass is 9.81. The third kappa shape index (κ3) is 3.56. The summed E-state index contributed by atoms with van der Waals surface area (Å²) in [4.78, 5) is 36.2. The van der Waals surface area contributed by atoms with E-state index in [9.17, 15) is 14.7 Å². The summed E-state index contributed by atoms with van der Waals surface area (Å²) in [6, 6.07) is 11.8. The number of imide groups is 1. The van der Waals surface area contributed by atoms with E-state index in [1.807, 2.05) is 43.1 Å². The number of carbonyl (C=O) groups is 2. The molecule has 3 heterocycles. The average molecular weight is 475 g/mol. The number of H-pyrrole nitrogens is 1. The molecule has 5 rings (SSSR count). The van der Waals surface area contributed by atoms with E-state index in [0.29, 0.717) is 26.1 Å². The molecule has 182 valence electrons. The van der Waals surface area contributed by atoms with Gasteiger partial charge in [0.25, 0.3) is 5.91 Å². The van der Waals surface area contributed by atoms with E-state index in [1.54, 1.807) is 36.3 Å². The van der Waals surface area contributed by atoms with Gasteiger partial charge >= 0.3 is 6.03 Å². The Hall–Kier alpha value is -3.78. The van der Waals surface area contributed by atoms with Crippen molar-refractivity contribution in [3.63, 3.8) is 0 Å². The second-order valence-electron chi connectivity index (χ2n) is 9.54. The maximum atomic E-state index is 13.8. The van der Waals surface area contributed by atoms with Crippen molar-refractivity contribution in [2.75, 3.05) is 33.8 Å². The molecule has 1 aromatic heterocycles. The molecule has 0 bridgehead atoms. The largest absolute Gasteiger partial charge is 0.508 e. The summed E-state index contributed by atoms with van der Waals surface area (Å²) in [5.74, 6) is 0.624. The molecule has 1 saturated heterocycles. The van der Waals surface area contributed by atoms with Crippen LogP contribution in [0.1, 0.15) is 29.8 Å². The molecular weight excluding hydrogens is 444 g/mol. The van der Waals surface area contributed by atoms with Crippen LogP contribution in [-0.2, 0) is 11.2 Å². The molecule has 0 radical (unpaired) electrons. The maximum absolute atomic E-state index is 13.8. The number of aromatic hydroxyl groups is 1. The van der Waals surface area contributed by atoms with Crippen LogP contribution >= 0.6 is 0 Å². The number of urea groups is 1. The molecule has 0 aliphatic carbocycles. The molecule has 35 heavy (non-hydrogen) atoms. The number of phenolic OH excluding ortho intramolecular Hbond substituents is 1. The van der Waals surface area contributed by atoms with Crippen LogP contribution in [-0.4, -0.2) is 76.1 Å². The second kappa shape index (κ2) is 8.46. The summed E-state index contributed by atoms with van der Waals surface area (Å²) in [7, 11) is 3.56. The van der Waals surface area contributed by atoms with Crippen LogP contribution in [0.3, 0.4) is 0 Å². The van der Waals surface area contributed by atoms with Crippen molar-refractivity contribution in [1.29, 1.82) is 0 Å². The van der Waals surface area contributed by atoms with Gasteiger partial charge in [-0.15, -0.1) is 6.58 Å². The van der Waals surface area contributed by atoms with E-state index in [2.05, 4.69) is 11.6 Å². The van der Waals surface area contributed by atoms with Crippen molar-refractivity contribution in [2.24, 2.45) is 0 Å². The SMILES string of the molecule is C=CCN(C)CCN1C(=O)N2C(c3cccc(O)c3)c3[nH]c4ccc(OC)cc4c3CC2(C)C1=O. The van der Waals surface area contributed by atoms with Gasteiger partial charge in [-0.1, -0.05) is 18.2 Å². The van der Waals surface area contributed by atoms with E-state index in [1.165, 1.54) is 4.90 Å². The highest BCUT2D eigenvalue weighted by molar-refractivity contribution is 6.08. The molecule has 2 unspecified atom stereocenters. The van der Waals surface area contributed by atoms with Crippen LogP contribution in [0.25, 0.3) is 10.9 Å². The van der Waals surface area contributed by atoms with Gasteiger partial charge in [-0.2, -0.15) is 0 Å². The lowest BCUT2D eigenvalue weighted by molar-refractivity contribution is -0.133. The minimum atomic E-state index is -1.06. The Kier molecular flexibility index (Phi) is 5.56. The van der Waals surface area contributed by atoms with Gasteiger partial charge in [-0.05, 0) is 55.4 Å². The number of methoxy groups -OCH3 is 1. The molecule has 0 spiro atoms. The average Bonchev–Trinajstić information content (AvgIpc) is 3.28. The predicted molar refractivity (Wildman–Crippen MR) is 134 cm³/mol. The van der Waals surface area contributed by atoms with Crippen LogP contribution in [0.4, 0.5) is 4.79 Å². The first kappa shape index (κ1) is 23.0. The Morgan fingerprint density at radius 2 is 2.09 bits per heavy atom. The summed E-state index contributed by atoms with van der Waals surface area (Å²) in [5, 5.41) is 11.2. The quantitative estimate of drug-likeness (QED) is 0.403. The monoisotopic (exact) mass is 474 g/mol. The number of nitrogens with one attached hydrogen (secondary N) is 1. The third-order valence-electron chi connectivity index (χ3n) is 7.21. The van der Waals surface area contributed by atoms with Crippen molar-refractivity contribution in [1.82, 2.24) is 19.7 Å². The number of phenols is 1. The van der Waals surface area contributed by atoms with Crippen molar-refractivity contribution in [2.45, 2.75) is 24.9 Å². The third-order valence-corrected chi connectivity index (χ3v) is 7.21. The topological polar surface area (TPSA) is 89.1 Å². The fourth-order valence-electron chi connectivity index (χ4n) is 5.44. The van der Waals surface area contributed by atoms with Crippen molar-refractivity contribution in [3.05, 3.63) is 71.9 Å². The lowest BCUT2D eigenvalue weighted by Crippen LogP contribution is -2.53. The number of ether oxygens (including phenoxy) is 1.